The summed E-state index contributed by atoms with van der Waals surface area (Å²) in [7, 11) is 0. The summed E-state index contributed by atoms with van der Waals surface area (Å²) < 4.78 is 5.74. The molecule has 0 N–H and O–H groups in total. The van der Waals surface area contributed by atoms with E-state index in [9.17, 15) is 4.79 Å². The number of rotatable bonds is 3. The number of carbonyl (C=O) groups is 1. The minimum Gasteiger partial charge on any atom is -0.490 e. The van der Waals surface area contributed by atoms with Gasteiger partial charge in [-0.2, -0.15) is 0 Å². The van der Waals surface area contributed by atoms with Crippen molar-refractivity contribution < 1.29 is 9.53 Å². The molecule has 2 aliphatic carbocycles. The zero-order valence-corrected chi connectivity index (χ0v) is 11.6. The van der Waals surface area contributed by atoms with Crippen LogP contribution in [-0.2, 0) is 4.79 Å². The molecule has 0 unspecified atom stereocenters. The van der Waals surface area contributed by atoms with Gasteiger partial charge in [-0.1, -0.05) is 26.0 Å². The van der Waals surface area contributed by atoms with Crippen LogP contribution in [0.1, 0.15) is 45.1 Å². The van der Waals surface area contributed by atoms with Gasteiger partial charge in [-0.05, 0) is 54.0 Å². The van der Waals surface area contributed by atoms with Crippen molar-refractivity contribution in [2.45, 2.75) is 45.6 Å². The molecule has 2 heteroatoms. The molecule has 19 heavy (non-hydrogen) atoms. The van der Waals surface area contributed by atoms with E-state index in [0.717, 1.165) is 23.3 Å². The third-order valence-electron chi connectivity index (χ3n) is 3.71. The van der Waals surface area contributed by atoms with Gasteiger partial charge >= 0.3 is 0 Å². The molecule has 3 rings (SSSR count). The third-order valence-corrected chi connectivity index (χ3v) is 3.71. The summed E-state index contributed by atoms with van der Waals surface area (Å²) in [5.74, 6) is 1.18. The Labute approximate surface area is 114 Å². The maximum atomic E-state index is 11.8. The van der Waals surface area contributed by atoms with Gasteiger partial charge in [-0.25, -0.2) is 0 Å². The first-order chi connectivity index (χ1) is 9.02. The molecule has 0 atom stereocenters. The normalized spacial score (nSPS) is 22.0. The highest BCUT2D eigenvalue weighted by Gasteiger charge is 2.28. The van der Waals surface area contributed by atoms with Crippen molar-refractivity contribution >= 4 is 11.4 Å². The summed E-state index contributed by atoms with van der Waals surface area (Å²) in [6, 6.07) is 8.16. The number of hydrogen-bond donors (Lipinski definition) is 0. The SMILES string of the molecule is CC1(C)CC(=O)C=C(c2ccc(OC3CC3)cc2)C1. The van der Waals surface area contributed by atoms with Crippen LogP contribution in [0.2, 0.25) is 0 Å². The first kappa shape index (κ1) is 12.5. The average molecular weight is 256 g/mol. The summed E-state index contributed by atoms with van der Waals surface area (Å²) in [5, 5.41) is 0. The second kappa shape index (κ2) is 4.52. The van der Waals surface area contributed by atoms with Gasteiger partial charge in [0.05, 0.1) is 6.10 Å². The second-order valence-corrected chi connectivity index (χ2v) is 6.50. The van der Waals surface area contributed by atoms with Crippen LogP contribution in [0.25, 0.3) is 5.57 Å². The van der Waals surface area contributed by atoms with E-state index in [1.807, 2.05) is 18.2 Å². The van der Waals surface area contributed by atoms with Crippen LogP contribution in [0.4, 0.5) is 0 Å². The maximum absolute atomic E-state index is 11.8. The van der Waals surface area contributed by atoms with Gasteiger partial charge < -0.3 is 4.74 Å². The highest BCUT2D eigenvalue weighted by Crippen LogP contribution is 2.38. The minimum atomic E-state index is 0.0738. The molecule has 1 aromatic carbocycles. The lowest BCUT2D eigenvalue weighted by atomic mass is 9.75. The molecule has 0 bridgehead atoms. The Morgan fingerprint density at radius 3 is 2.37 bits per heavy atom. The van der Waals surface area contributed by atoms with Gasteiger partial charge in [-0.3, -0.25) is 4.79 Å². The number of ketones is 1. The van der Waals surface area contributed by atoms with Crippen molar-refractivity contribution in [1.82, 2.24) is 0 Å². The number of allylic oxidation sites excluding steroid dienone is 2. The van der Waals surface area contributed by atoms with Gasteiger partial charge in [0.1, 0.15) is 5.75 Å². The van der Waals surface area contributed by atoms with E-state index in [1.54, 1.807) is 0 Å². The molecule has 0 heterocycles. The quantitative estimate of drug-likeness (QED) is 0.817. The van der Waals surface area contributed by atoms with E-state index in [1.165, 1.54) is 12.8 Å². The molecule has 1 saturated carbocycles. The van der Waals surface area contributed by atoms with Crippen molar-refractivity contribution in [3.05, 3.63) is 35.9 Å². The first-order valence-corrected chi connectivity index (χ1v) is 7.02. The van der Waals surface area contributed by atoms with Crippen molar-refractivity contribution in [2.75, 3.05) is 0 Å². The van der Waals surface area contributed by atoms with Crippen LogP contribution in [0.3, 0.4) is 0 Å². The summed E-state index contributed by atoms with van der Waals surface area (Å²) in [6.45, 7) is 4.31. The van der Waals surface area contributed by atoms with Crippen LogP contribution in [0, 0.1) is 5.41 Å². The van der Waals surface area contributed by atoms with E-state index in [-0.39, 0.29) is 11.2 Å². The Bertz CT molecular complexity index is 519. The van der Waals surface area contributed by atoms with Gasteiger partial charge in [0, 0.05) is 6.42 Å². The van der Waals surface area contributed by atoms with Crippen molar-refractivity contribution in [3.63, 3.8) is 0 Å². The van der Waals surface area contributed by atoms with Gasteiger partial charge in [0.25, 0.3) is 0 Å². The smallest absolute Gasteiger partial charge is 0.156 e. The van der Waals surface area contributed by atoms with E-state index >= 15 is 0 Å². The zero-order chi connectivity index (χ0) is 13.5. The topological polar surface area (TPSA) is 26.3 Å². The predicted molar refractivity (Wildman–Crippen MR) is 76.1 cm³/mol. The van der Waals surface area contributed by atoms with Gasteiger partial charge in [0.15, 0.2) is 5.78 Å². The summed E-state index contributed by atoms with van der Waals surface area (Å²) >= 11 is 0. The lowest BCUT2D eigenvalue weighted by Crippen LogP contribution is -2.21. The molecule has 1 fully saturated rings. The van der Waals surface area contributed by atoms with E-state index < -0.39 is 0 Å². The Morgan fingerprint density at radius 1 is 1.11 bits per heavy atom. The van der Waals surface area contributed by atoms with Gasteiger partial charge in [-0.15, -0.1) is 0 Å². The molecule has 100 valence electrons. The molecule has 1 aromatic rings. The van der Waals surface area contributed by atoms with E-state index in [2.05, 4.69) is 26.0 Å². The lowest BCUT2D eigenvalue weighted by Gasteiger charge is -2.29. The first-order valence-electron chi connectivity index (χ1n) is 7.02. The Morgan fingerprint density at radius 2 is 1.79 bits per heavy atom. The number of carbonyl (C=O) groups excluding carboxylic acids is 1. The van der Waals surface area contributed by atoms with Crippen LogP contribution in [-0.4, -0.2) is 11.9 Å². The van der Waals surface area contributed by atoms with Crippen LogP contribution in [0.15, 0.2) is 30.3 Å². The minimum absolute atomic E-state index is 0.0738. The Hall–Kier alpha value is -1.57. The van der Waals surface area contributed by atoms with Crippen molar-refractivity contribution in [2.24, 2.45) is 5.41 Å². The molecular formula is C17H20O2. The number of ether oxygens (including phenoxy) is 1. The molecule has 2 nitrogen and oxygen atoms in total. The Balaban J connectivity index is 1.79. The van der Waals surface area contributed by atoms with Crippen LogP contribution < -0.4 is 4.74 Å². The Kier molecular flexibility index (Phi) is 2.96. The molecule has 0 aliphatic heterocycles. The van der Waals surface area contributed by atoms with Crippen molar-refractivity contribution in [3.8, 4) is 5.75 Å². The largest absolute Gasteiger partial charge is 0.490 e. The van der Waals surface area contributed by atoms with E-state index in [4.69, 9.17) is 4.74 Å². The van der Waals surface area contributed by atoms with E-state index in [0.29, 0.717) is 12.5 Å². The van der Waals surface area contributed by atoms with Crippen LogP contribution >= 0.6 is 0 Å². The fourth-order valence-corrected chi connectivity index (χ4v) is 2.66. The molecule has 2 aliphatic rings. The van der Waals surface area contributed by atoms with Crippen molar-refractivity contribution in [1.29, 1.82) is 0 Å². The number of benzene rings is 1. The lowest BCUT2D eigenvalue weighted by molar-refractivity contribution is -0.116. The molecule has 0 aromatic heterocycles. The molecule has 0 radical (unpaired) electrons. The maximum Gasteiger partial charge on any atom is 0.156 e. The molecule has 0 spiro atoms. The van der Waals surface area contributed by atoms with Gasteiger partial charge in [0.2, 0.25) is 0 Å². The summed E-state index contributed by atoms with van der Waals surface area (Å²) in [5.41, 5.74) is 2.37. The monoisotopic (exact) mass is 256 g/mol. The second-order valence-electron chi connectivity index (χ2n) is 6.50. The molecule has 0 amide bonds. The fraction of sp³-hybridized carbons (Fsp3) is 0.471. The van der Waals surface area contributed by atoms with Crippen LogP contribution in [0.5, 0.6) is 5.75 Å². The highest BCUT2D eigenvalue weighted by atomic mass is 16.5. The highest BCUT2D eigenvalue weighted by molar-refractivity contribution is 5.99. The third kappa shape index (κ3) is 3.06. The average Bonchev–Trinajstić information content (AvgIpc) is 3.11. The fourth-order valence-electron chi connectivity index (χ4n) is 2.66. The standard InChI is InChI=1S/C17H20O2/c1-17(2)10-13(9-14(18)11-17)12-3-5-15(6-4-12)19-16-7-8-16/h3-6,9,16H,7-8,10-11H2,1-2H3. The predicted octanol–water partition coefficient (Wildman–Crippen LogP) is 4.00. The summed E-state index contributed by atoms with van der Waals surface area (Å²) in [6.07, 6.45) is 6.20. The number of hydrogen-bond acceptors (Lipinski definition) is 2. The summed E-state index contributed by atoms with van der Waals surface area (Å²) in [4.78, 5) is 11.8. The molecular weight excluding hydrogens is 236 g/mol. The zero-order valence-electron chi connectivity index (χ0n) is 11.6. The molecule has 0 saturated heterocycles.